The van der Waals surface area contributed by atoms with Gasteiger partial charge in [-0.3, -0.25) is 0 Å². The first-order valence-electron chi connectivity index (χ1n) is 6.82. The van der Waals surface area contributed by atoms with E-state index in [1.54, 1.807) is 0 Å². The van der Waals surface area contributed by atoms with Gasteiger partial charge in [-0.1, -0.05) is 6.92 Å². The van der Waals surface area contributed by atoms with Gasteiger partial charge in [-0.2, -0.15) is 13.5 Å². The lowest BCUT2D eigenvalue weighted by Crippen LogP contribution is -2.39. The first-order chi connectivity index (χ1) is 9.55. The van der Waals surface area contributed by atoms with Crippen LogP contribution in [-0.4, -0.2) is 49.7 Å². The monoisotopic (exact) mass is 335 g/mol. The van der Waals surface area contributed by atoms with Crippen LogP contribution in [0.2, 0.25) is 0 Å². The molecule has 0 bridgehead atoms. The van der Waals surface area contributed by atoms with E-state index in [0.717, 1.165) is 23.2 Å². The van der Waals surface area contributed by atoms with Crippen molar-refractivity contribution in [2.75, 3.05) is 19.3 Å². The van der Waals surface area contributed by atoms with Crippen molar-refractivity contribution in [3.63, 3.8) is 0 Å². The fourth-order valence-electron chi connectivity index (χ4n) is 2.80. The summed E-state index contributed by atoms with van der Waals surface area (Å²) in [5, 5.41) is 3.88. The molecule has 1 saturated heterocycles. The van der Waals surface area contributed by atoms with E-state index in [9.17, 15) is 16.8 Å². The van der Waals surface area contributed by atoms with Gasteiger partial charge in [0.25, 0.3) is 10.0 Å². The molecule has 0 unspecified atom stereocenters. The quantitative estimate of drug-likeness (QED) is 0.812. The zero-order chi connectivity index (χ0) is 16.0. The van der Waals surface area contributed by atoms with Gasteiger partial charge in [0.2, 0.25) is 10.0 Å². The molecule has 1 aliphatic rings. The van der Waals surface area contributed by atoms with E-state index >= 15 is 0 Å². The zero-order valence-corrected chi connectivity index (χ0v) is 14.3. The summed E-state index contributed by atoms with van der Waals surface area (Å²) in [6.45, 7) is 5.94. The number of piperidine rings is 1. The van der Waals surface area contributed by atoms with Crippen LogP contribution in [0.4, 0.5) is 0 Å². The van der Waals surface area contributed by atoms with Gasteiger partial charge in [-0.25, -0.2) is 16.8 Å². The summed E-state index contributed by atoms with van der Waals surface area (Å²) in [6.07, 6.45) is 2.83. The first kappa shape index (κ1) is 16.4. The second-order valence-electron chi connectivity index (χ2n) is 5.72. The zero-order valence-electron chi connectivity index (χ0n) is 12.7. The van der Waals surface area contributed by atoms with Crippen LogP contribution in [0.1, 0.15) is 31.2 Å². The SMILES string of the molecule is Cc1nn(S(C)(=O)=O)c(C)c1S(=O)(=O)N1CCC[C@@H](C)C1. The maximum Gasteiger partial charge on any atom is 0.251 e. The second kappa shape index (κ2) is 5.36. The molecule has 0 aliphatic carbocycles. The van der Waals surface area contributed by atoms with Gasteiger partial charge in [0.1, 0.15) is 4.90 Å². The van der Waals surface area contributed by atoms with Crippen molar-refractivity contribution in [3.05, 3.63) is 11.4 Å². The lowest BCUT2D eigenvalue weighted by molar-refractivity contribution is 0.281. The van der Waals surface area contributed by atoms with Crippen molar-refractivity contribution in [2.45, 2.75) is 38.5 Å². The molecular formula is C12H21N3O4S2. The van der Waals surface area contributed by atoms with Gasteiger partial charge < -0.3 is 0 Å². The molecule has 1 fully saturated rings. The van der Waals surface area contributed by atoms with Crippen molar-refractivity contribution in [1.82, 2.24) is 13.5 Å². The summed E-state index contributed by atoms with van der Waals surface area (Å²) in [6, 6.07) is 0. The van der Waals surface area contributed by atoms with Crippen LogP contribution in [0.3, 0.4) is 0 Å². The molecule has 0 radical (unpaired) electrons. The average Bonchev–Trinajstić information content (AvgIpc) is 2.65. The molecule has 2 rings (SSSR count). The Morgan fingerprint density at radius 2 is 1.81 bits per heavy atom. The Hall–Kier alpha value is -0.930. The fourth-order valence-corrected chi connectivity index (χ4v) is 5.66. The summed E-state index contributed by atoms with van der Waals surface area (Å²) in [5.74, 6) is 0.305. The van der Waals surface area contributed by atoms with E-state index in [2.05, 4.69) is 5.10 Å². The average molecular weight is 335 g/mol. The lowest BCUT2D eigenvalue weighted by Gasteiger charge is -2.30. The van der Waals surface area contributed by atoms with E-state index in [1.165, 1.54) is 18.2 Å². The maximum absolute atomic E-state index is 12.8. The molecule has 120 valence electrons. The molecule has 1 atom stereocenters. The smallest absolute Gasteiger partial charge is 0.207 e. The van der Waals surface area contributed by atoms with Crippen LogP contribution in [0.25, 0.3) is 0 Å². The van der Waals surface area contributed by atoms with Gasteiger partial charge in [-0.15, -0.1) is 0 Å². The van der Waals surface area contributed by atoms with E-state index in [1.807, 2.05) is 6.92 Å². The van der Waals surface area contributed by atoms with Crippen LogP contribution >= 0.6 is 0 Å². The van der Waals surface area contributed by atoms with Crippen molar-refractivity contribution < 1.29 is 16.8 Å². The molecule has 2 heterocycles. The minimum Gasteiger partial charge on any atom is -0.207 e. The largest absolute Gasteiger partial charge is 0.251 e. The Morgan fingerprint density at radius 3 is 2.29 bits per heavy atom. The Morgan fingerprint density at radius 1 is 1.19 bits per heavy atom. The third kappa shape index (κ3) is 3.00. The Labute approximate surface area is 126 Å². The summed E-state index contributed by atoms with van der Waals surface area (Å²) < 4.78 is 51.1. The lowest BCUT2D eigenvalue weighted by atomic mass is 10.0. The molecule has 0 aromatic carbocycles. The highest BCUT2D eigenvalue weighted by Crippen LogP contribution is 2.28. The molecule has 0 saturated carbocycles. The van der Waals surface area contributed by atoms with Gasteiger partial charge in [0.15, 0.2) is 0 Å². The number of aromatic nitrogens is 2. The van der Waals surface area contributed by atoms with Gasteiger partial charge >= 0.3 is 0 Å². The van der Waals surface area contributed by atoms with Gasteiger partial charge in [0, 0.05) is 13.1 Å². The molecule has 7 nitrogen and oxygen atoms in total. The third-order valence-corrected chi connectivity index (χ3v) is 6.82. The van der Waals surface area contributed by atoms with Crippen molar-refractivity contribution >= 4 is 20.0 Å². The number of rotatable bonds is 3. The van der Waals surface area contributed by atoms with Crippen LogP contribution in [0.15, 0.2) is 4.90 Å². The molecule has 1 aliphatic heterocycles. The Bertz CT molecular complexity index is 750. The number of aryl methyl sites for hydroxylation is 1. The van der Waals surface area contributed by atoms with E-state index in [-0.39, 0.29) is 16.3 Å². The van der Waals surface area contributed by atoms with Crippen molar-refractivity contribution in [1.29, 1.82) is 0 Å². The number of hydrogen-bond acceptors (Lipinski definition) is 5. The fraction of sp³-hybridized carbons (Fsp3) is 0.750. The molecule has 9 heteroatoms. The highest BCUT2D eigenvalue weighted by atomic mass is 32.2. The van der Waals surface area contributed by atoms with Crippen LogP contribution < -0.4 is 0 Å². The molecule has 1 aromatic rings. The van der Waals surface area contributed by atoms with Gasteiger partial charge in [-0.05, 0) is 32.6 Å². The highest BCUT2D eigenvalue weighted by molar-refractivity contribution is 7.90. The van der Waals surface area contributed by atoms with Gasteiger partial charge in [0.05, 0.1) is 17.6 Å². The normalized spacial score (nSPS) is 21.6. The topological polar surface area (TPSA) is 89.3 Å². The summed E-state index contributed by atoms with van der Waals surface area (Å²) in [4.78, 5) is 0.0158. The molecular weight excluding hydrogens is 314 g/mol. The first-order valence-corrected chi connectivity index (χ1v) is 10.1. The molecule has 0 amide bonds. The van der Waals surface area contributed by atoms with Crippen LogP contribution in [0, 0.1) is 19.8 Å². The van der Waals surface area contributed by atoms with Crippen LogP contribution in [0.5, 0.6) is 0 Å². The molecule has 0 spiro atoms. The summed E-state index contributed by atoms with van der Waals surface area (Å²) in [7, 11) is -7.32. The maximum atomic E-state index is 12.8. The number of hydrogen-bond donors (Lipinski definition) is 0. The van der Waals surface area contributed by atoms with Crippen LogP contribution in [-0.2, 0) is 20.0 Å². The predicted molar refractivity (Wildman–Crippen MR) is 79.1 cm³/mol. The molecule has 21 heavy (non-hydrogen) atoms. The minimum absolute atomic E-state index is 0.0158. The third-order valence-electron chi connectivity index (χ3n) is 3.72. The van der Waals surface area contributed by atoms with Crippen molar-refractivity contribution in [2.24, 2.45) is 5.92 Å². The van der Waals surface area contributed by atoms with E-state index in [0.29, 0.717) is 19.0 Å². The number of nitrogens with zero attached hydrogens (tertiary/aromatic N) is 3. The molecule has 0 N–H and O–H groups in total. The highest BCUT2D eigenvalue weighted by Gasteiger charge is 2.34. The standard InChI is InChI=1S/C12H21N3O4S2/c1-9-6-5-7-14(8-9)21(18,19)12-10(2)13-15(11(12)3)20(4,16)17/h9H,5-8H2,1-4H3/t9-/m1/s1. The minimum atomic E-state index is -3.71. The Balaban J connectivity index is 2.53. The Kier molecular flexibility index (Phi) is 4.20. The predicted octanol–water partition coefficient (Wildman–Crippen LogP) is 0.728. The van der Waals surface area contributed by atoms with E-state index < -0.39 is 20.0 Å². The summed E-state index contributed by atoms with van der Waals surface area (Å²) >= 11 is 0. The number of sulfonamides is 1. The second-order valence-corrected chi connectivity index (χ2v) is 9.40. The van der Waals surface area contributed by atoms with E-state index in [4.69, 9.17) is 0 Å². The molecule has 1 aromatic heterocycles. The van der Waals surface area contributed by atoms with Crippen molar-refractivity contribution in [3.8, 4) is 0 Å². The summed E-state index contributed by atoms with van der Waals surface area (Å²) in [5.41, 5.74) is 0.365.